The van der Waals surface area contributed by atoms with Gasteiger partial charge < -0.3 is 15.0 Å². The third kappa shape index (κ3) is 3.49. The number of amides is 2. The molecule has 0 atom stereocenters. The van der Waals surface area contributed by atoms with E-state index in [1.54, 1.807) is 4.90 Å². The summed E-state index contributed by atoms with van der Waals surface area (Å²) in [6.45, 7) is 2.28. The number of rotatable bonds is 4. The molecule has 0 saturated carbocycles. The highest BCUT2D eigenvalue weighted by molar-refractivity contribution is 6.03. The number of benzene rings is 3. The molecule has 0 fully saturated rings. The number of carbonyl (C=O) groups excluding carboxylic acids is 2. The molecule has 0 aliphatic carbocycles. The standard InChI is InChI=1S/C22H20N2O3/c1-15-9-10-20-19(13-15)24(22(26)14-27-20)12-11-21(25)23-18-8-4-6-16-5-2-3-7-17(16)18/h2-10,13H,11-12,14H2,1H3,(H,23,25). The third-order valence-electron chi connectivity index (χ3n) is 4.68. The lowest BCUT2D eigenvalue weighted by atomic mass is 10.1. The normalized spacial score (nSPS) is 13.2. The fourth-order valence-corrected chi connectivity index (χ4v) is 3.32. The number of carbonyl (C=O) groups is 2. The van der Waals surface area contributed by atoms with Gasteiger partial charge in [0, 0.05) is 24.0 Å². The van der Waals surface area contributed by atoms with E-state index in [9.17, 15) is 9.59 Å². The average molecular weight is 360 g/mol. The second-order valence-electron chi connectivity index (χ2n) is 6.63. The van der Waals surface area contributed by atoms with Crippen molar-refractivity contribution in [3.8, 4) is 5.75 Å². The van der Waals surface area contributed by atoms with Crippen LogP contribution in [-0.4, -0.2) is 25.0 Å². The summed E-state index contributed by atoms with van der Waals surface area (Å²) in [5.41, 5.74) is 2.55. The molecule has 0 bridgehead atoms. The van der Waals surface area contributed by atoms with Crippen molar-refractivity contribution in [2.45, 2.75) is 13.3 Å². The topological polar surface area (TPSA) is 58.6 Å². The van der Waals surface area contributed by atoms with Crippen LogP contribution in [0.5, 0.6) is 5.75 Å². The Balaban J connectivity index is 1.48. The first-order chi connectivity index (χ1) is 13.1. The molecule has 2 amide bonds. The molecule has 4 rings (SSSR count). The monoisotopic (exact) mass is 360 g/mol. The Morgan fingerprint density at radius 2 is 1.93 bits per heavy atom. The first-order valence-corrected chi connectivity index (χ1v) is 8.93. The van der Waals surface area contributed by atoms with Crippen molar-refractivity contribution < 1.29 is 14.3 Å². The molecular formula is C22H20N2O3. The van der Waals surface area contributed by atoms with E-state index in [-0.39, 0.29) is 24.8 Å². The molecule has 0 spiro atoms. The summed E-state index contributed by atoms with van der Waals surface area (Å²) in [7, 11) is 0. The van der Waals surface area contributed by atoms with Gasteiger partial charge in [0.1, 0.15) is 5.75 Å². The second-order valence-corrected chi connectivity index (χ2v) is 6.63. The van der Waals surface area contributed by atoms with Crippen LogP contribution in [0.3, 0.4) is 0 Å². The third-order valence-corrected chi connectivity index (χ3v) is 4.68. The van der Waals surface area contributed by atoms with Gasteiger partial charge in [-0.05, 0) is 36.1 Å². The van der Waals surface area contributed by atoms with Crippen molar-refractivity contribution in [2.75, 3.05) is 23.4 Å². The SMILES string of the molecule is Cc1ccc2c(c1)N(CCC(=O)Nc1cccc3ccccc13)C(=O)CO2. The lowest BCUT2D eigenvalue weighted by Crippen LogP contribution is -2.40. The first kappa shape index (κ1) is 17.1. The van der Waals surface area contributed by atoms with Gasteiger partial charge >= 0.3 is 0 Å². The predicted molar refractivity (Wildman–Crippen MR) is 106 cm³/mol. The average Bonchev–Trinajstić information content (AvgIpc) is 2.67. The number of aryl methyl sites for hydroxylation is 1. The lowest BCUT2D eigenvalue weighted by Gasteiger charge is -2.29. The minimum atomic E-state index is -0.133. The van der Waals surface area contributed by atoms with Crippen LogP contribution in [0, 0.1) is 6.92 Å². The molecule has 1 aliphatic heterocycles. The van der Waals surface area contributed by atoms with Crippen LogP contribution in [0.1, 0.15) is 12.0 Å². The summed E-state index contributed by atoms with van der Waals surface area (Å²) in [4.78, 5) is 26.4. The van der Waals surface area contributed by atoms with E-state index in [1.165, 1.54) is 0 Å². The Hall–Kier alpha value is -3.34. The van der Waals surface area contributed by atoms with Gasteiger partial charge in [0.15, 0.2) is 6.61 Å². The Kier molecular flexibility index (Phi) is 4.50. The molecule has 5 nitrogen and oxygen atoms in total. The fraction of sp³-hybridized carbons (Fsp3) is 0.182. The van der Waals surface area contributed by atoms with Gasteiger partial charge in [0.25, 0.3) is 5.91 Å². The predicted octanol–water partition coefficient (Wildman–Crippen LogP) is 3.90. The molecule has 136 valence electrons. The molecule has 1 heterocycles. The van der Waals surface area contributed by atoms with Crippen molar-refractivity contribution in [1.29, 1.82) is 0 Å². The molecule has 27 heavy (non-hydrogen) atoms. The van der Waals surface area contributed by atoms with Gasteiger partial charge in [-0.2, -0.15) is 0 Å². The van der Waals surface area contributed by atoms with E-state index in [4.69, 9.17) is 4.74 Å². The van der Waals surface area contributed by atoms with Gasteiger partial charge in [-0.3, -0.25) is 9.59 Å². The first-order valence-electron chi connectivity index (χ1n) is 8.93. The minimum Gasteiger partial charge on any atom is -0.482 e. The van der Waals surface area contributed by atoms with Crippen molar-refractivity contribution in [3.05, 3.63) is 66.2 Å². The molecule has 1 aliphatic rings. The van der Waals surface area contributed by atoms with Gasteiger partial charge in [0.2, 0.25) is 5.91 Å². The summed E-state index contributed by atoms with van der Waals surface area (Å²) in [5, 5.41) is 5.04. The molecule has 3 aromatic rings. The molecule has 0 unspecified atom stereocenters. The van der Waals surface area contributed by atoms with Crippen LogP contribution < -0.4 is 15.0 Å². The van der Waals surface area contributed by atoms with E-state index in [0.29, 0.717) is 12.3 Å². The molecule has 1 N–H and O–H groups in total. The van der Waals surface area contributed by atoms with Gasteiger partial charge in [0.05, 0.1) is 5.69 Å². The Bertz CT molecular complexity index is 1020. The van der Waals surface area contributed by atoms with Crippen LogP contribution in [-0.2, 0) is 9.59 Å². The smallest absolute Gasteiger partial charge is 0.265 e. The lowest BCUT2D eigenvalue weighted by molar-refractivity contribution is -0.121. The number of ether oxygens (including phenoxy) is 1. The summed E-state index contributed by atoms with van der Waals surface area (Å²) in [5.74, 6) is 0.417. The Morgan fingerprint density at radius 1 is 1.11 bits per heavy atom. The fourth-order valence-electron chi connectivity index (χ4n) is 3.32. The van der Waals surface area contributed by atoms with Crippen molar-refractivity contribution in [3.63, 3.8) is 0 Å². The molecule has 0 aromatic heterocycles. The van der Waals surface area contributed by atoms with Crippen LogP contribution in [0.2, 0.25) is 0 Å². The number of hydrogen-bond donors (Lipinski definition) is 1. The maximum Gasteiger partial charge on any atom is 0.265 e. The van der Waals surface area contributed by atoms with E-state index < -0.39 is 0 Å². The zero-order valence-electron chi connectivity index (χ0n) is 15.1. The van der Waals surface area contributed by atoms with Crippen molar-refractivity contribution in [2.24, 2.45) is 0 Å². The van der Waals surface area contributed by atoms with Gasteiger partial charge in [-0.15, -0.1) is 0 Å². The maximum absolute atomic E-state index is 12.5. The summed E-state index contributed by atoms with van der Waals surface area (Å²) >= 11 is 0. The Morgan fingerprint density at radius 3 is 2.81 bits per heavy atom. The number of nitrogens with zero attached hydrogens (tertiary/aromatic N) is 1. The summed E-state index contributed by atoms with van der Waals surface area (Å²) in [6.07, 6.45) is 0.211. The van der Waals surface area contributed by atoms with Crippen molar-refractivity contribution in [1.82, 2.24) is 0 Å². The van der Waals surface area contributed by atoms with Crippen LogP contribution in [0.15, 0.2) is 60.7 Å². The number of nitrogens with one attached hydrogen (secondary N) is 1. The number of fused-ring (bicyclic) bond motifs is 2. The molecule has 5 heteroatoms. The van der Waals surface area contributed by atoms with E-state index in [2.05, 4.69) is 5.32 Å². The molecule has 3 aromatic carbocycles. The molecule has 0 radical (unpaired) electrons. The van der Waals surface area contributed by atoms with E-state index in [0.717, 1.165) is 27.7 Å². The van der Waals surface area contributed by atoms with Crippen LogP contribution >= 0.6 is 0 Å². The molecule has 0 saturated heterocycles. The highest BCUT2D eigenvalue weighted by Gasteiger charge is 2.25. The largest absolute Gasteiger partial charge is 0.482 e. The van der Waals surface area contributed by atoms with Crippen molar-refractivity contribution >= 4 is 34.0 Å². The van der Waals surface area contributed by atoms with Gasteiger partial charge in [-0.25, -0.2) is 0 Å². The van der Waals surface area contributed by atoms with Crippen LogP contribution in [0.25, 0.3) is 10.8 Å². The zero-order chi connectivity index (χ0) is 18.8. The zero-order valence-corrected chi connectivity index (χ0v) is 15.1. The van der Waals surface area contributed by atoms with E-state index in [1.807, 2.05) is 67.6 Å². The Labute approximate surface area is 157 Å². The maximum atomic E-state index is 12.5. The highest BCUT2D eigenvalue weighted by Crippen LogP contribution is 2.33. The summed E-state index contributed by atoms with van der Waals surface area (Å²) in [6, 6.07) is 19.4. The van der Waals surface area contributed by atoms with Gasteiger partial charge in [-0.1, -0.05) is 42.5 Å². The minimum absolute atomic E-state index is 0.000995. The second kappa shape index (κ2) is 7.11. The van der Waals surface area contributed by atoms with Crippen LogP contribution in [0.4, 0.5) is 11.4 Å². The number of anilines is 2. The highest BCUT2D eigenvalue weighted by atomic mass is 16.5. The molecular weight excluding hydrogens is 340 g/mol. The summed E-state index contributed by atoms with van der Waals surface area (Å²) < 4.78 is 5.48. The number of hydrogen-bond acceptors (Lipinski definition) is 3. The van der Waals surface area contributed by atoms with E-state index >= 15 is 0 Å². The quantitative estimate of drug-likeness (QED) is 0.768.